The highest BCUT2D eigenvalue weighted by Gasteiger charge is 2.19. The molecule has 0 saturated carbocycles. The molecule has 92 valence electrons. The zero-order valence-electron chi connectivity index (χ0n) is 10.1. The van der Waals surface area contributed by atoms with Crippen LogP contribution >= 0.6 is 0 Å². The fraction of sp³-hybridized carbons (Fsp3) is 0.462. The molecule has 4 heteroatoms. The minimum Gasteiger partial charge on any atom is -0.487 e. The van der Waals surface area contributed by atoms with Crippen LogP contribution in [0.5, 0.6) is 5.75 Å². The first-order valence-electron chi connectivity index (χ1n) is 5.75. The molecule has 0 aromatic heterocycles. The molecule has 1 fully saturated rings. The minimum atomic E-state index is 0.0991. The number of nitrogens with zero attached hydrogens (tertiary/aromatic N) is 1. The highest BCUT2D eigenvalue weighted by atomic mass is 16.5. The van der Waals surface area contributed by atoms with E-state index in [2.05, 4.69) is 5.16 Å². The van der Waals surface area contributed by atoms with Crippen LogP contribution in [0.15, 0.2) is 23.4 Å². The Morgan fingerprint density at radius 3 is 3.00 bits per heavy atom. The van der Waals surface area contributed by atoms with E-state index in [1.807, 2.05) is 25.1 Å². The first-order valence-corrected chi connectivity index (χ1v) is 5.75. The van der Waals surface area contributed by atoms with Crippen LogP contribution in [0.4, 0.5) is 0 Å². The second kappa shape index (κ2) is 5.19. The van der Waals surface area contributed by atoms with E-state index in [-0.39, 0.29) is 6.10 Å². The smallest absolute Gasteiger partial charge is 0.129 e. The summed E-state index contributed by atoms with van der Waals surface area (Å²) in [7, 11) is 0. The Morgan fingerprint density at radius 1 is 1.53 bits per heavy atom. The number of oxime groups is 1. The second-order valence-electron chi connectivity index (χ2n) is 4.29. The van der Waals surface area contributed by atoms with Crippen LogP contribution < -0.4 is 4.74 Å². The molecule has 2 rings (SSSR count). The van der Waals surface area contributed by atoms with Gasteiger partial charge in [-0.1, -0.05) is 11.2 Å². The fourth-order valence-electron chi connectivity index (χ4n) is 1.87. The highest BCUT2D eigenvalue weighted by molar-refractivity contribution is 6.00. The Balaban J connectivity index is 2.26. The standard InChI is InChI=1S/C13H17NO3/c1-9-3-4-12(10(2)14-15)13(7-9)17-11-5-6-16-8-11/h3-4,7,11,15H,5-6,8H2,1-2H3. The molecule has 1 atom stereocenters. The van der Waals surface area contributed by atoms with Crippen molar-refractivity contribution < 1.29 is 14.7 Å². The van der Waals surface area contributed by atoms with Gasteiger partial charge < -0.3 is 14.7 Å². The average Bonchev–Trinajstić information content (AvgIpc) is 2.81. The molecule has 1 N–H and O–H groups in total. The Bertz CT molecular complexity index is 423. The summed E-state index contributed by atoms with van der Waals surface area (Å²) in [6.07, 6.45) is 1.00. The predicted molar refractivity (Wildman–Crippen MR) is 65.0 cm³/mol. The molecule has 0 bridgehead atoms. The lowest BCUT2D eigenvalue weighted by Crippen LogP contribution is -2.17. The first-order chi connectivity index (χ1) is 8.20. The van der Waals surface area contributed by atoms with Gasteiger partial charge in [0, 0.05) is 12.0 Å². The number of ether oxygens (including phenoxy) is 2. The molecule has 0 aliphatic carbocycles. The fourth-order valence-corrected chi connectivity index (χ4v) is 1.87. The van der Waals surface area contributed by atoms with Crippen LogP contribution in [-0.2, 0) is 4.74 Å². The van der Waals surface area contributed by atoms with E-state index < -0.39 is 0 Å². The SMILES string of the molecule is CC(=NO)c1ccc(C)cc1OC1CCOC1. The number of aryl methyl sites for hydroxylation is 1. The second-order valence-corrected chi connectivity index (χ2v) is 4.29. The topological polar surface area (TPSA) is 51.1 Å². The summed E-state index contributed by atoms with van der Waals surface area (Å²) in [4.78, 5) is 0. The van der Waals surface area contributed by atoms with Crippen molar-refractivity contribution >= 4 is 5.71 Å². The van der Waals surface area contributed by atoms with Gasteiger partial charge in [0.15, 0.2) is 0 Å². The quantitative estimate of drug-likeness (QED) is 0.497. The van der Waals surface area contributed by atoms with E-state index in [9.17, 15) is 0 Å². The maximum absolute atomic E-state index is 8.85. The summed E-state index contributed by atoms with van der Waals surface area (Å²) in [5.41, 5.74) is 2.50. The van der Waals surface area contributed by atoms with Crippen LogP contribution in [0.3, 0.4) is 0 Å². The molecule has 17 heavy (non-hydrogen) atoms. The van der Waals surface area contributed by atoms with Gasteiger partial charge in [0.25, 0.3) is 0 Å². The largest absolute Gasteiger partial charge is 0.487 e. The van der Waals surface area contributed by atoms with Gasteiger partial charge in [-0.05, 0) is 31.5 Å². The molecule has 0 spiro atoms. The Kier molecular flexibility index (Phi) is 3.64. The lowest BCUT2D eigenvalue weighted by atomic mass is 10.1. The van der Waals surface area contributed by atoms with Gasteiger partial charge in [-0.3, -0.25) is 0 Å². The van der Waals surface area contributed by atoms with Gasteiger partial charge in [-0.2, -0.15) is 0 Å². The van der Waals surface area contributed by atoms with Crippen molar-refractivity contribution in [2.75, 3.05) is 13.2 Å². The summed E-state index contributed by atoms with van der Waals surface area (Å²) >= 11 is 0. The molecule has 1 aliphatic rings. The van der Waals surface area contributed by atoms with E-state index >= 15 is 0 Å². The van der Waals surface area contributed by atoms with Gasteiger partial charge >= 0.3 is 0 Å². The molecule has 0 amide bonds. The number of benzene rings is 1. The van der Waals surface area contributed by atoms with E-state index in [1.54, 1.807) is 6.92 Å². The summed E-state index contributed by atoms with van der Waals surface area (Å²) in [5.74, 6) is 0.760. The third-order valence-electron chi connectivity index (χ3n) is 2.86. The van der Waals surface area contributed by atoms with Gasteiger partial charge in [-0.15, -0.1) is 0 Å². The summed E-state index contributed by atoms with van der Waals surface area (Å²) < 4.78 is 11.2. The third kappa shape index (κ3) is 2.77. The molecule has 1 aliphatic heterocycles. The maximum atomic E-state index is 8.85. The zero-order valence-corrected chi connectivity index (χ0v) is 10.1. The van der Waals surface area contributed by atoms with Crippen molar-refractivity contribution in [2.45, 2.75) is 26.4 Å². The normalized spacial score (nSPS) is 20.6. The molecule has 4 nitrogen and oxygen atoms in total. The van der Waals surface area contributed by atoms with Crippen LogP contribution in [0.25, 0.3) is 0 Å². The van der Waals surface area contributed by atoms with E-state index in [4.69, 9.17) is 14.7 Å². The van der Waals surface area contributed by atoms with Crippen molar-refractivity contribution in [1.29, 1.82) is 0 Å². The summed E-state index contributed by atoms with van der Waals surface area (Å²) in [6, 6.07) is 5.85. The van der Waals surface area contributed by atoms with Crippen molar-refractivity contribution in [1.82, 2.24) is 0 Å². The zero-order chi connectivity index (χ0) is 12.3. The van der Waals surface area contributed by atoms with Gasteiger partial charge in [0.2, 0.25) is 0 Å². The molecule has 1 unspecified atom stereocenters. The summed E-state index contributed by atoms with van der Waals surface area (Å²) in [5, 5.41) is 12.1. The Morgan fingerprint density at radius 2 is 2.35 bits per heavy atom. The minimum absolute atomic E-state index is 0.0991. The predicted octanol–water partition coefficient (Wildman–Crippen LogP) is 2.36. The van der Waals surface area contributed by atoms with E-state index in [0.717, 1.165) is 29.9 Å². The van der Waals surface area contributed by atoms with Gasteiger partial charge in [0.05, 0.1) is 18.9 Å². The number of hydrogen-bond donors (Lipinski definition) is 1. The lowest BCUT2D eigenvalue weighted by Gasteiger charge is -2.15. The Labute approximate surface area is 101 Å². The molecule has 1 aromatic rings. The number of hydrogen-bond acceptors (Lipinski definition) is 4. The van der Waals surface area contributed by atoms with Gasteiger partial charge in [0.1, 0.15) is 11.9 Å². The van der Waals surface area contributed by atoms with Crippen molar-refractivity contribution in [3.63, 3.8) is 0 Å². The van der Waals surface area contributed by atoms with E-state index in [1.165, 1.54) is 0 Å². The van der Waals surface area contributed by atoms with Crippen LogP contribution in [0.1, 0.15) is 24.5 Å². The first kappa shape index (κ1) is 11.9. The lowest BCUT2D eigenvalue weighted by molar-refractivity contribution is 0.141. The molecule has 0 radical (unpaired) electrons. The molecule has 1 aromatic carbocycles. The highest BCUT2D eigenvalue weighted by Crippen LogP contribution is 2.24. The molecule has 1 heterocycles. The van der Waals surface area contributed by atoms with Gasteiger partial charge in [-0.25, -0.2) is 0 Å². The van der Waals surface area contributed by atoms with E-state index in [0.29, 0.717) is 12.3 Å². The van der Waals surface area contributed by atoms with Crippen LogP contribution in [-0.4, -0.2) is 30.2 Å². The van der Waals surface area contributed by atoms with Crippen molar-refractivity contribution in [3.05, 3.63) is 29.3 Å². The summed E-state index contributed by atoms with van der Waals surface area (Å²) in [6.45, 7) is 5.14. The average molecular weight is 235 g/mol. The van der Waals surface area contributed by atoms with Crippen LogP contribution in [0, 0.1) is 6.92 Å². The molecule has 1 saturated heterocycles. The maximum Gasteiger partial charge on any atom is 0.129 e. The van der Waals surface area contributed by atoms with Crippen molar-refractivity contribution in [3.8, 4) is 5.75 Å². The Hall–Kier alpha value is -1.55. The van der Waals surface area contributed by atoms with Crippen molar-refractivity contribution in [2.24, 2.45) is 5.16 Å². The number of rotatable bonds is 3. The monoisotopic (exact) mass is 235 g/mol. The van der Waals surface area contributed by atoms with Crippen LogP contribution in [0.2, 0.25) is 0 Å². The third-order valence-corrected chi connectivity index (χ3v) is 2.86. The molecular formula is C13H17NO3. The molecular weight excluding hydrogens is 218 g/mol.